The molecule has 0 bridgehead atoms. The quantitative estimate of drug-likeness (QED) is 0.836. The molecule has 1 aliphatic rings. The van der Waals surface area contributed by atoms with Gasteiger partial charge in [0.1, 0.15) is 0 Å². The van der Waals surface area contributed by atoms with E-state index in [0.717, 1.165) is 15.7 Å². The highest BCUT2D eigenvalue weighted by Crippen LogP contribution is 2.22. The van der Waals surface area contributed by atoms with E-state index in [0.29, 0.717) is 13.1 Å². The second kappa shape index (κ2) is 7.78. The lowest BCUT2D eigenvalue weighted by molar-refractivity contribution is -0.129. The first-order valence-electron chi connectivity index (χ1n) is 8.26. The number of aromatic nitrogens is 1. The zero-order valence-electron chi connectivity index (χ0n) is 14.0. The Balaban J connectivity index is 1.58. The van der Waals surface area contributed by atoms with Crippen LogP contribution < -0.4 is 5.32 Å². The summed E-state index contributed by atoms with van der Waals surface area (Å²) in [6.45, 7) is 2.84. The number of nitrogens with one attached hydrogen (secondary N) is 1. The number of nitrogens with zero attached hydrogens (tertiary/aromatic N) is 2. The van der Waals surface area contributed by atoms with Crippen LogP contribution in [0, 0.1) is 5.92 Å². The summed E-state index contributed by atoms with van der Waals surface area (Å²) in [5.74, 6) is -0.386. The molecule has 2 aromatic rings. The van der Waals surface area contributed by atoms with Crippen molar-refractivity contribution in [3.63, 3.8) is 0 Å². The number of pyridine rings is 1. The van der Waals surface area contributed by atoms with Gasteiger partial charge in [0.2, 0.25) is 11.8 Å². The zero-order chi connectivity index (χ0) is 17.8. The largest absolute Gasteiger partial charge is 0.349 e. The number of carbonyl (C=O) groups is 2. The van der Waals surface area contributed by atoms with Gasteiger partial charge < -0.3 is 10.2 Å². The molecule has 130 valence electrons. The monoisotopic (exact) mass is 401 g/mol. The maximum Gasteiger partial charge on any atom is 0.225 e. The van der Waals surface area contributed by atoms with Crippen LogP contribution >= 0.6 is 15.9 Å². The molecule has 0 radical (unpaired) electrons. The summed E-state index contributed by atoms with van der Waals surface area (Å²) < 4.78 is 1.00. The van der Waals surface area contributed by atoms with Gasteiger partial charge in [0.25, 0.3) is 0 Å². The van der Waals surface area contributed by atoms with Gasteiger partial charge in [0, 0.05) is 23.6 Å². The van der Waals surface area contributed by atoms with Crippen LogP contribution in [-0.2, 0) is 16.1 Å². The fourth-order valence-electron chi connectivity index (χ4n) is 2.95. The summed E-state index contributed by atoms with van der Waals surface area (Å²) in [5.41, 5.74) is 1.87. The molecule has 1 saturated heterocycles. The fourth-order valence-corrected chi connectivity index (χ4v) is 3.22. The van der Waals surface area contributed by atoms with Crippen molar-refractivity contribution >= 4 is 27.7 Å². The molecule has 3 rings (SSSR count). The molecule has 2 amide bonds. The number of hydrogen-bond acceptors (Lipinski definition) is 3. The van der Waals surface area contributed by atoms with Gasteiger partial charge in [0.15, 0.2) is 0 Å². The van der Waals surface area contributed by atoms with E-state index in [1.54, 1.807) is 11.1 Å². The van der Waals surface area contributed by atoms with E-state index in [4.69, 9.17) is 0 Å². The average Bonchev–Trinajstić information content (AvgIpc) is 2.97. The van der Waals surface area contributed by atoms with Crippen molar-refractivity contribution in [2.24, 2.45) is 5.92 Å². The molecule has 1 N–H and O–H groups in total. The van der Waals surface area contributed by atoms with Crippen LogP contribution in [0.4, 0.5) is 0 Å². The predicted octanol–water partition coefficient (Wildman–Crippen LogP) is 3.07. The minimum absolute atomic E-state index is 0.00194. The van der Waals surface area contributed by atoms with Crippen LogP contribution in [0.15, 0.2) is 53.1 Å². The van der Waals surface area contributed by atoms with Crippen molar-refractivity contribution in [3.8, 4) is 0 Å². The Morgan fingerprint density at radius 2 is 2.08 bits per heavy atom. The molecule has 5 nitrogen and oxygen atoms in total. The van der Waals surface area contributed by atoms with Crippen molar-refractivity contribution in [2.45, 2.75) is 25.9 Å². The summed E-state index contributed by atoms with van der Waals surface area (Å²) in [4.78, 5) is 30.7. The van der Waals surface area contributed by atoms with Gasteiger partial charge in [0.05, 0.1) is 24.2 Å². The minimum atomic E-state index is -0.311. The second-order valence-electron chi connectivity index (χ2n) is 6.28. The molecule has 0 aliphatic carbocycles. The minimum Gasteiger partial charge on any atom is -0.349 e. The molecule has 1 aromatic heterocycles. The molecule has 2 atom stereocenters. The Morgan fingerprint density at radius 1 is 1.32 bits per heavy atom. The third kappa shape index (κ3) is 4.45. The van der Waals surface area contributed by atoms with Crippen molar-refractivity contribution < 1.29 is 9.59 Å². The lowest BCUT2D eigenvalue weighted by Gasteiger charge is -2.18. The lowest BCUT2D eigenvalue weighted by Crippen LogP contribution is -2.34. The third-order valence-electron chi connectivity index (χ3n) is 4.39. The van der Waals surface area contributed by atoms with E-state index in [2.05, 4.69) is 26.2 Å². The van der Waals surface area contributed by atoms with Crippen LogP contribution in [0.5, 0.6) is 0 Å². The van der Waals surface area contributed by atoms with Crippen LogP contribution in [0.2, 0.25) is 0 Å². The molecule has 1 fully saturated rings. The number of rotatable bonds is 5. The Morgan fingerprint density at radius 3 is 2.76 bits per heavy atom. The fraction of sp³-hybridized carbons (Fsp3) is 0.316. The summed E-state index contributed by atoms with van der Waals surface area (Å²) in [5, 5.41) is 3.01. The highest BCUT2D eigenvalue weighted by atomic mass is 79.9. The third-order valence-corrected chi connectivity index (χ3v) is 4.92. The molecule has 6 heteroatoms. The molecule has 25 heavy (non-hydrogen) atoms. The van der Waals surface area contributed by atoms with Crippen LogP contribution in [0.3, 0.4) is 0 Å². The summed E-state index contributed by atoms with van der Waals surface area (Å²) in [7, 11) is 0. The van der Waals surface area contributed by atoms with E-state index in [1.165, 1.54) is 0 Å². The van der Waals surface area contributed by atoms with Gasteiger partial charge >= 0.3 is 0 Å². The maximum atomic E-state index is 12.5. The van der Waals surface area contributed by atoms with E-state index < -0.39 is 0 Å². The predicted molar refractivity (Wildman–Crippen MR) is 98.5 cm³/mol. The second-order valence-corrected chi connectivity index (χ2v) is 7.19. The molecule has 1 aliphatic heterocycles. The van der Waals surface area contributed by atoms with E-state index in [9.17, 15) is 9.59 Å². The van der Waals surface area contributed by atoms with Crippen molar-refractivity contribution in [1.29, 1.82) is 0 Å². The van der Waals surface area contributed by atoms with Crippen molar-refractivity contribution in [2.75, 3.05) is 6.54 Å². The molecule has 0 spiro atoms. The number of likely N-dealkylation sites (tertiary alicyclic amines) is 1. The zero-order valence-corrected chi connectivity index (χ0v) is 15.6. The van der Waals surface area contributed by atoms with E-state index in [1.807, 2.05) is 49.4 Å². The molecule has 0 saturated carbocycles. The molecular formula is C19H20BrN3O2. The Labute approximate surface area is 155 Å². The highest BCUT2D eigenvalue weighted by Gasteiger charge is 2.34. The maximum absolute atomic E-state index is 12.5. The van der Waals surface area contributed by atoms with Crippen molar-refractivity contribution in [3.05, 3.63) is 64.4 Å². The summed E-state index contributed by atoms with van der Waals surface area (Å²) >= 11 is 3.40. The number of carbonyl (C=O) groups excluding carboxylic acids is 2. The standard InChI is InChI=1S/C19H20BrN3O2/c1-13(14-5-7-16(20)8-6-14)22-19(25)15-10-18(24)23(11-15)12-17-4-2-3-9-21-17/h2-9,13,15H,10-12H2,1H3,(H,22,25)/t13-,15-/m1/s1. The van der Waals surface area contributed by atoms with Crippen LogP contribution in [-0.4, -0.2) is 28.2 Å². The first-order chi connectivity index (χ1) is 12.0. The van der Waals surface area contributed by atoms with Crippen molar-refractivity contribution in [1.82, 2.24) is 15.2 Å². The number of benzene rings is 1. The number of hydrogen-bond donors (Lipinski definition) is 1. The first kappa shape index (κ1) is 17.6. The van der Waals surface area contributed by atoms with Crippen LogP contribution in [0.1, 0.15) is 30.6 Å². The molecule has 0 unspecified atom stereocenters. The smallest absolute Gasteiger partial charge is 0.225 e. The van der Waals surface area contributed by atoms with E-state index >= 15 is 0 Å². The first-order valence-corrected chi connectivity index (χ1v) is 9.06. The normalized spacial score (nSPS) is 18.2. The Hall–Kier alpha value is -2.21. The highest BCUT2D eigenvalue weighted by molar-refractivity contribution is 9.10. The van der Waals surface area contributed by atoms with Gasteiger partial charge in [-0.2, -0.15) is 0 Å². The molecular weight excluding hydrogens is 382 g/mol. The summed E-state index contributed by atoms with van der Waals surface area (Å²) in [6, 6.07) is 13.4. The Kier molecular flexibility index (Phi) is 5.48. The topological polar surface area (TPSA) is 62.3 Å². The number of halogens is 1. The van der Waals surface area contributed by atoms with Gasteiger partial charge in [-0.25, -0.2) is 0 Å². The lowest BCUT2D eigenvalue weighted by atomic mass is 10.1. The van der Waals surface area contributed by atoms with Gasteiger partial charge in [-0.15, -0.1) is 0 Å². The Bertz CT molecular complexity index is 749. The SMILES string of the molecule is C[C@@H](NC(=O)[C@@H]1CC(=O)N(Cc2ccccn2)C1)c1ccc(Br)cc1. The van der Waals surface area contributed by atoms with E-state index in [-0.39, 0.29) is 30.2 Å². The van der Waals surface area contributed by atoms with Crippen LogP contribution in [0.25, 0.3) is 0 Å². The average molecular weight is 402 g/mol. The van der Waals surface area contributed by atoms with Gasteiger partial charge in [-0.1, -0.05) is 34.1 Å². The van der Waals surface area contributed by atoms with Gasteiger partial charge in [-0.3, -0.25) is 14.6 Å². The van der Waals surface area contributed by atoms with Gasteiger partial charge in [-0.05, 0) is 36.8 Å². The number of amides is 2. The molecule has 1 aromatic carbocycles. The molecule has 2 heterocycles. The summed E-state index contributed by atoms with van der Waals surface area (Å²) in [6.07, 6.45) is 1.96.